The summed E-state index contributed by atoms with van der Waals surface area (Å²) in [6.07, 6.45) is 5.40. The molecule has 0 radical (unpaired) electrons. The minimum Gasteiger partial charge on any atom is -0.481 e. The van der Waals surface area contributed by atoms with E-state index in [9.17, 15) is 9.59 Å². The molecule has 0 bridgehead atoms. The highest BCUT2D eigenvalue weighted by Gasteiger charge is 2.40. The predicted molar refractivity (Wildman–Crippen MR) is 72.1 cm³/mol. The number of halogens is 1. The maximum Gasteiger partial charge on any atom is 0.303 e. The molecule has 0 unspecified atom stereocenters. The highest BCUT2D eigenvalue weighted by atomic mass is 127. The third-order valence-corrected chi connectivity index (χ3v) is 4.14. The number of hydrogen-bond donors (Lipinski definition) is 2. The van der Waals surface area contributed by atoms with Crippen LogP contribution in [-0.4, -0.2) is 17.0 Å². The topological polar surface area (TPSA) is 66.4 Å². The minimum absolute atomic E-state index is 0.0785. The van der Waals surface area contributed by atoms with Crippen molar-refractivity contribution in [3.8, 4) is 0 Å². The maximum atomic E-state index is 12.0. The molecule has 0 aromatic carbocycles. The molecular formula is C10H16INO3S. The molecule has 6 heteroatoms. The van der Waals surface area contributed by atoms with E-state index in [1.807, 2.05) is 21.2 Å². The average Bonchev–Trinajstić information content (AvgIpc) is 2.67. The van der Waals surface area contributed by atoms with Crippen LogP contribution in [0.25, 0.3) is 0 Å². The summed E-state index contributed by atoms with van der Waals surface area (Å²) in [4.78, 5) is 22.4. The van der Waals surface area contributed by atoms with Gasteiger partial charge in [0.25, 0.3) is 0 Å². The maximum absolute atomic E-state index is 12.0. The van der Waals surface area contributed by atoms with Crippen molar-refractivity contribution in [2.45, 2.75) is 44.9 Å². The van der Waals surface area contributed by atoms with Crippen LogP contribution in [0.1, 0.15) is 44.9 Å². The van der Waals surface area contributed by atoms with Crippen LogP contribution in [0.2, 0.25) is 0 Å². The van der Waals surface area contributed by atoms with Crippen LogP contribution in [-0.2, 0) is 9.59 Å². The second-order valence-electron chi connectivity index (χ2n) is 4.24. The van der Waals surface area contributed by atoms with E-state index in [2.05, 4.69) is 4.72 Å². The number of hydrogen-bond acceptors (Lipinski definition) is 3. The fourth-order valence-corrected chi connectivity index (χ4v) is 3.25. The number of amides is 1. The van der Waals surface area contributed by atoms with Crippen LogP contribution in [0.4, 0.5) is 0 Å². The Morgan fingerprint density at radius 2 is 2.00 bits per heavy atom. The van der Waals surface area contributed by atoms with Gasteiger partial charge >= 0.3 is 5.97 Å². The lowest BCUT2D eigenvalue weighted by atomic mass is 9.80. The summed E-state index contributed by atoms with van der Waals surface area (Å²) < 4.78 is 2.78. The predicted octanol–water partition coefficient (Wildman–Crippen LogP) is 2.92. The number of aliphatic carboxylic acids is 1. The SMILES string of the molecule is O=C(O)CCCC1(C(=O)NSI)CCCC1. The van der Waals surface area contributed by atoms with Gasteiger partial charge < -0.3 is 5.11 Å². The van der Waals surface area contributed by atoms with Gasteiger partial charge in [0.1, 0.15) is 0 Å². The van der Waals surface area contributed by atoms with Gasteiger partial charge in [-0.1, -0.05) is 12.8 Å². The Bertz CT molecular complexity index is 267. The van der Waals surface area contributed by atoms with Gasteiger partial charge in [0.15, 0.2) is 0 Å². The molecule has 1 fully saturated rings. The van der Waals surface area contributed by atoms with Gasteiger partial charge in [-0.05, 0) is 25.7 Å². The lowest BCUT2D eigenvalue weighted by Crippen LogP contribution is -2.35. The molecule has 1 aliphatic rings. The molecule has 16 heavy (non-hydrogen) atoms. The quantitative estimate of drug-likeness (QED) is 0.567. The first-order chi connectivity index (χ1) is 7.60. The summed E-state index contributed by atoms with van der Waals surface area (Å²) in [6, 6.07) is 0. The molecule has 0 atom stereocenters. The van der Waals surface area contributed by atoms with E-state index in [0.29, 0.717) is 12.8 Å². The minimum atomic E-state index is -0.781. The van der Waals surface area contributed by atoms with E-state index in [0.717, 1.165) is 25.7 Å². The smallest absolute Gasteiger partial charge is 0.303 e. The van der Waals surface area contributed by atoms with Gasteiger partial charge in [0, 0.05) is 36.7 Å². The lowest BCUT2D eigenvalue weighted by molar-refractivity contribution is -0.138. The molecule has 1 rings (SSSR count). The Balaban J connectivity index is 2.51. The Kier molecular flexibility index (Phi) is 5.88. The first-order valence-electron chi connectivity index (χ1n) is 5.40. The summed E-state index contributed by atoms with van der Waals surface area (Å²) in [6.45, 7) is 0. The summed E-state index contributed by atoms with van der Waals surface area (Å²) in [5, 5.41) is 8.61. The number of rotatable bonds is 6. The molecule has 0 saturated heterocycles. The molecule has 0 aliphatic heterocycles. The van der Waals surface area contributed by atoms with Crippen LogP contribution in [0.5, 0.6) is 0 Å². The average molecular weight is 357 g/mol. The number of carbonyl (C=O) groups excluding carboxylic acids is 1. The molecule has 1 saturated carbocycles. The monoisotopic (exact) mass is 357 g/mol. The summed E-state index contributed by atoms with van der Waals surface area (Å²) in [5.74, 6) is -0.702. The second kappa shape index (κ2) is 6.68. The third-order valence-electron chi connectivity index (χ3n) is 3.22. The highest BCUT2D eigenvalue weighted by molar-refractivity contribution is 14.2. The van der Waals surface area contributed by atoms with Crippen molar-refractivity contribution in [2.24, 2.45) is 5.41 Å². The van der Waals surface area contributed by atoms with Gasteiger partial charge in [-0.25, -0.2) is 0 Å². The molecular weight excluding hydrogens is 341 g/mol. The van der Waals surface area contributed by atoms with Crippen LogP contribution < -0.4 is 4.72 Å². The molecule has 1 amide bonds. The fraction of sp³-hybridized carbons (Fsp3) is 0.800. The Morgan fingerprint density at radius 3 is 2.50 bits per heavy atom. The second-order valence-corrected chi connectivity index (χ2v) is 5.92. The Hall–Kier alpha value is 0.0200. The van der Waals surface area contributed by atoms with Crippen molar-refractivity contribution in [1.82, 2.24) is 4.72 Å². The van der Waals surface area contributed by atoms with E-state index in [4.69, 9.17) is 5.11 Å². The summed E-state index contributed by atoms with van der Waals surface area (Å²) >= 11 is 2.03. The van der Waals surface area contributed by atoms with Gasteiger partial charge in [-0.2, -0.15) is 0 Å². The largest absolute Gasteiger partial charge is 0.481 e. The Labute approximate surface area is 112 Å². The van der Waals surface area contributed by atoms with Crippen molar-refractivity contribution in [3.05, 3.63) is 0 Å². The van der Waals surface area contributed by atoms with Crippen molar-refractivity contribution >= 4 is 42.2 Å². The number of carbonyl (C=O) groups is 2. The first kappa shape index (κ1) is 14.1. The van der Waals surface area contributed by atoms with E-state index in [1.54, 1.807) is 0 Å². The van der Waals surface area contributed by atoms with E-state index in [1.165, 1.54) is 9.12 Å². The molecule has 0 aromatic rings. The van der Waals surface area contributed by atoms with Crippen molar-refractivity contribution in [3.63, 3.8) is 0 Å². The van der Waals surface area contributed by atoms with E-state index >= 15 is 0 Å². The number of nitrogens with one attached hydrogen (secondary N) is 1. The normalized spacial score (nSPS) is 18.3. The van der Waals surface area contributed by atoms with Gasteiger partial charge in [0.2, 0.25) is 5.91 Å². The van der Waals surface area contributed by atoms with E-state index in [-0.39, 0.29) is 17.7 Å². The van der Waals surface area contributed by atoms with Crippen molar-refractivity contribution < 1.29 is 14.7 Å². The lowest BCUT2D eigenvalue weighted by Gasteiger charge is -2.26. The third kappa shape index (κ3) is 3.80. The zero-order chi connectivity index (χ0) is 12.0. The molecule has 2 N–H and O–H groups in total. The Morgan fingerprint density at radius 1 is 1.38 bits per heavy atom. The molecule has 92 valence electrons. The van der Waals surface area contributed by atoms with Crippen molar-refractivity contribution in [1.29, 1.82) is 0 Å². The van der Waals surface area contributed by atoms with Crippen molar-refractivity contribution in [2.75, 3.05) is 0 Å². The number of carboxylic acid groups (broad SMARTS) is 1. The van der Waals surface area contributed by atoms with Crippen LogP contribution >= 0.6 is 30.3 Å². The first-order valence-corrected chi connectivity index (χ1v) is 8.76. The zero-order valence-corrected chi connectivity index (χ0v) is 12.0. The van der Waals surface area contributed by atoms with Gasteiger partial charge in [0.05, 0.1) is 5.41 Å². The summed E-state index contributed by atoms with van der Waals surface area (Å²) in [5.41, 5.74) is -0.298. The van der Waals surface area contributed by atoms with Crippen LogP contribution in [0, 0.1) is 5.41 Å². The van der Waals surface area contributed by atoms with Gasteiger partial charge in [-0.15, -0.1) is 0 Å². The molecule has 0 heterocycles. The van der Waals surface area contributed by atoms with E-state index < -0.39 is 5.97 Å². The molecule has 0 aromatic heterocycles. The molecule has 4 nitrogen and oxygen atoms in total. The summed E-state index contributed by atoms with van der Waals surface area (Å²) in [7, 11) is 1.29. The standard InChI is InChI=1S/C10H16INO3S/c11-16-12-9(15)10(5-1-2-6-10)7-3-4-8(13)14/h1-7H2,(H,12,15)(H,13,14). The van der Waals surface area contributed by atoms with Crippen LogP contribution in [0.15, 0.2) is 0 Å². The molecule has 0 spiro atoms. The van der Waals surface area contributed by atoms with Gasteiger partial charge in [-0.3, -0.25) is 14.3 Å². The number of carboxylic acids is 1. The zero-order valence-electron chi connectivity index (χ0n) is 9.00. The fourth-order valence-electron chi connectivity index (χ4n) is 2.36. The molecule has 1 aliphatic carbocycles. The van der Waals surface area contributed by atoms with Crippen LogP contribution in [0.3, 0.4) is 0 Å². The highest BCUT2D eigenvalue weighted by Crippen LogP contribution is 2.43.